The predicted octanol–water partition coefficient (Wildman–Crippen LogP) is 0.00840. The Morgan fingerprint density at radius 1 is 1.32 bits per heavy atom. The summed E-state index contributed by atoms with van der Waals surface area (Å²) in [4.78, 5) is 16.4. The van der Waals surface area contributed by atoms with Crippen molar-refractivity contribution in [2.75, 3.05) is 32.7 Å². The van der Waals surface area contributed by atoms with Crippen molar-refractivity contribution >= 4 is 5.91 Å². The summed E-state index contributed by atoms with van der Waals surface area (Å²) in [5.41, 5.74) is 5.49. The van der Waals surface area contributed by atoms with Gasteiger partial charge in [-0.25, -0.2) is 0 Å². The maximum atomic E-state index is 11.5. The number of rotatable bonds is 7. The molecule has 0 aromatic heterocycles. The van der Waals surface area contributed by atoms with Crippen LogP contribution >= 0.6 is 0 Å². The van der Waals surface area contributed by atoms with Gasteiger partial charge < -0.3 is 11.1 Å². The van der Waals surface area contributed by atoms with Crippen molar-refractivity contribution < 1.29 is 4.79 Å². The fourth-order valence-corrected chi connectivity index (χ4v) is 2.66. The average Bonchev–Trinajstić information content (AvgIpc) is 3.22. The molecular formula is C14H28N4O. The number of nitrogens with one attached hydrogen (secondary N) is 1. The lowest BCUT2D eigenvalue weighted by molar-refractivity contribution is -0.120. The SMILES string of the molecule is CCC(C)N1CCN(CC(NC2CC2)C(N)=O)CC1. The molecule has 0 aromatic rings. The highest BCUT2D eigenvalue weighted by atomic mass is 16.1. The highest BCUT2D eigenvalue weighted by Crippen LogP contribution is 2.19. The van der Waals surface area contributed by atoms with E-state index < -0.39 is 0 Å². The fourth-order valence-electron chi connectivity index (χ4n) is 2.66. The topological polar surface area (TPSA) is 61.6 Å². The Morgan fingerprint density at radius 2 is 1.95 bits per heavy atom. The molecule has 0 aromatic carbocycles. The first-order chi connectivity index (χ1) is 9.10. The molecular weight excluding hydrogens is 240 g/mol. The standard InChI is InChI=1S/C14H28N4O/c1-3-11(2)18-8-6-17(7-9-18)10-13(14(15)19)16-12-4-5-12/h11-13,16H,3-10H2,1-2H3,(H2,15,19). The van der Waals surface area contributed by atoms with E-state index in [9.17, 15) is 4.79 Å². The zero-order valence-electron chi connectivity index (χ0n) is 12.3. The molecule has 3 N–H and O–H groups in total. The first-order valence-corrected chi connectivity index (χ1v) is 7.62. The molecule has 2 unspecified atom stereocenters. The van der Waals surface area contributed by atoms with Gasteiger partial charge in [0.15, 0.2) is 0 Å². The second-order valence-electron chi connectivity index (χ2n) is 5.99. The highest BCUT2D eigenvalue weighted by molar-refractivity contribution is 5.80. The van der Waals surface area contributed by atoms with Crippen LogP contribution in [0.25, 0.3) is 0 Å². The van der Waals surface area contributed by atoms with E-state index >= 15 is 0 Å². The molecule has 0 spiro atoms. The minimum Gasteiger partial charge on any atom is -0.368 e. The molecule has 2 aliphatic rings. The molecule has 1 aliphatic heterocycles. The van der Waals surface area contributed by atoms with E-state index in [0.717, 1.165) is 32.7 Å². The third-order valence-corrected chi connectivity index (χ3v) is 4.42. The first kappa shape index (κ1) is 14.8. The van der Waals surface area contributed by atoms with Gasteiger partial charge in [-0.2, -0.15) is 0 Å². The first-order valence-electron chi connectivity index (χ1n) is 7.62. The lowest BCUT2D eigenvalue weighted by Gasteiger charge is -2.38. The number of piperazine rings is 1. The van der Waals surface area contributed by atoms with Crippen molar-refractivity contribution in [1.82, 2.24) is 15.1 Å². The number of hydrogen-bond donors (Lipinski definition) is 2. The predicted molar refractivity (Wildman–Crippen MR) is 76.9 cm³/mol. The highest BCUT2D eigenvalue weighted by Gasteiger charge is 2.29. The largest absolute Gasteiger partial charge is 0.368 e. The van der Waals surface area contributed by atoms with Crippen molar-refractivity contribution in [2.45, 2.75) is 51.2 Å². The third kappa shape index (κ3) is 4.44. The summed E-state index contributed by atoms with van der Waals surface area (Å²) < 4.78 is 0. The summed E-state index contributed by atoms with van der Waals surface area (Å²) in [7, 11) is 0. The van der Waals surface area contributed by atoms with E-state index in [1.165, 1.54) is 19.3 Å². The quantitative estimate of drug-likeness (QED) is 0.683. The Hall–Kier alpha value is -0.650. The van der Waals surface area contributed by atoms with Crippen LogP contribution in [0.1, 0.15) is 33.1 Å². The van der Waals surface area contributed by atoms with Gasteiger partial charge in [-0.15, -0.1) is 0 Å². The molecule has 0 radical (unpaired) electrons. The van der Waals surface area contributed by atoms with E-state index in [2.05, 4.69) is 29.0 Å². The fraction of sp³-hybridized carbons (Fsp3) is 0.929. The number of carbonyl (C=O) groups excluding carboxylic acids is 1. The summed E-state index contributed by atoms with van der Waals surface area (Å²) in [6.07, 6.45) is 3.57. The maximum Gasteiger partial charge on any atom is 0.235 e. The molecule has 1 heterocycles. The minimum atomic E-state index is -0.212. The van der Waals surface area contributed by atoms with Crippen LogP contribution in [0.3, 0.4) is 0 Å². The van der Waals surface area contributed by atoms with Crippen LogP contribution in [0.5, 0.6) is 0 Å². The zero-order chi connectivity index (χ0) is 13.8. The molecule has 1 saturated carbocycles. The molecule has 1 saturated heterocycles. The Morgan fingerprint density at radius 3 is 2.42 bits per heavy atom. The van der Waals surface area contributed by atoms with Crippen LogP contribution in [-0.4, -0.2) is 66.6 Å². The van der Waals surface area contributed by atoms with E-state index in [4.69, 9.17) is 5.73 Å². The summed E-state index contributed by atoms with van der Waals surface area (Å²) >= 11 is 0. The van der Waals surface area contributed by atoms with Crippen molar-refractivity contribution in [2.24, 2.45) is 5.73 Å². The normalized spacial score (nSPS) is 25.2. The average molecular weight is 268 g/mol. The van der Waals surface area contributed by atoms with Crippen LogP contribution in [0, 0.1) is 0 Å². The van der Waals surface area contributed by atoms with Gasteiger partial charge in [-0.1, -0.05) is 6.92 Å². The summed E-state index contributed by atoms with van der Waals surface area (Å²) in [5.74, 6) is -0.212. The van der Waals surface area contributed by atoms with Crippen LogP contribution in [0.15, 0.2) is 0 Å². The third-order valence-electron chi connectivity index (χ3n) is 4.42. The van der Waals surface area contributed by atoms with Gasteiger partial charge in [-0.05, 0) is 26.2 Å². The molecule has 1 aliphatic carbocycles. The molecule has 2 rings (SSSR count). The molecule has 110 valence electrons. The van der Waals surface area contributed by atoms with Crippen LogP contribution in [-0.2, 0) is 4.79 Å². The van der Waals surface area contributed by atoms with E-state index in [-0.39, 0.29) is 11.9 Å². The minimum absolute atomic E-state index is 0.178. The van der Waals surface area contributed by atoms with E-state index in [1.807, 2.05) is 0 Å². The van der Waals surface area contributed by atoms with Crippen molar-refractivity contribution in [3.8, 4) is 0 Å². The van der Waals surface area contributed by atoms with E-state index in [1.54, 1.807) is 0 Å². The lowest BCUT2D eigenvalue weighted by atomic mass is 10.1. The van der Waals surface area contributed by atoms with Gasteiger partial charge >= 0.3 is 0 Å². The molecule has 2 fully saturated rings. The summed E-state index contributed by atoms with van der Waals surface area (Å²) in [6.45, 7) is 9.57. The van der Waals surface area contributed by atoms with E-state index in [0.29, 0.717) is 12.1 Å². The van der Waals surface area contributed by atoms with Gasteiger partial charge in [0.1, 0.15) is 0 Å². The van der Waals surface area contributed by atoms with Gasteiger partial charge in [0.25, 0.3) is 0 Å². The van der Waals surface area contributed by atoms with Gasteiger partial charge in [0, 0.05) is 44.8 Å². The van der Waals surface area contributed by atoms with Crippen LogP contribution in [0.4, 0.5) is 0 Å². The Bertz CT molecular complexity index is 298. The number of nitrogens with zero attached hydrogens (tertiary/aromatic N) is 2. The van der Waals surface area contributed by atoms with Gasteiger partial charge in [0.2, 0.25) is 5.91 Å². The Kier molecular flexibility index (Phi) is 5.19. The number of amides is 1. The van der Waals surface area contributed by atoms with Crippen LogP contribution < -0.4 is 11.1 Å². The monoisotopic (exact) mass is 268 g/mol. The van der Waals surface area contributed by atoms with Crippen LogP contribution in [0.2, 0.25) is 0 Å². The second kappa shape index (κ2) is 6.68. The molecule has 5 nitrogen and oxygen atoms in total. The number of primary amides is 1. The van der Waals surface area contributed by atoms with Gasteiger partial charge in [0.05, 0.1) is 6.04 Å². The summed E-state index contributed by atoms with van der Waals surface area (Å²) in [6, 6.07) is 1.01. The van der Waals surface area contributed by atoms with Gasteiger partial charge in [-0.3, -0.25) is 14.6 Å². The molecule has 19 heavy (non-hydrogen) atoms. The Balaban J connectivity index is 1.75. The van der Waals surface area contributed by atoms with Crippen molar-refractivity contribution in [3.05, 3.63) is 0 Å². The maximum absolute atomic E-state index is 11.5. The Labute approximate surface area is 116 Å². The number of carbonyl (C=O) groups is 1. The van der Waals surface area contributed by atoms with Crippen molar-refractivity contribution in [1.29, 1.82) is 0 Å². The lowest BCUT2D eigenvalue weighted by Crippen LogP contribution is -2.55. The number of hydrogen-bond acceptors (Lipinski definition) is 4. The molecule has 1 amide bonds. The molecule has 2 atom stereocenters. The smallest absolute Gasteiger partial charge is 0.235 e. The summed E-state index contributed by atoms with van der Waals surface area (Å²) in [5, 5.41) is 3.35. The zero-order valence-corrected chi connectivity index (χ0v) is 12.3. The molecule has 5 heteroatoms. The molecule has 0 bridgehead atoms. The van der Waals surface area contributed by atoms with Crippen molar-refractivity contribution in [3.63, 3.8) is 0 Å². The second-order valence-corrected chi connectivity index (χ2v) is 5.99. The number of nitrogens with two attached hydrogens (primary N) is 1.